The molecule has 1 atom stereocenters. The van der Waals surface area contributed by atoms with E-state index in [4.69, 9.17) is 5.11 Å². The highest BCUT2D eigenvalue weighted by molar-refractivity contribution is 7.91. The SMILES string of the molecule is CN1C(=O)CCS(=O)(=O)CC1CO. The van der Waals surface area contributed by atoms with Crippen molar-refractivity contribution in [2.45, 2.75) is 12.5 Å². The first-order valence-electron chi connectivity index (χ1n) is 4.03. The Balaban J connectivity index is 2.89. The van der Waals surface area contributed by atoms with E-state index in [1.165, 1.54) is 11.9 Å². The number of rotatable bonds is 1. The molecule has 1 N–H and O–H groups in total. The zero-order valence-corrected chi connectivity index (χ0v) is 8.25. The van der Waals surface area contributed by atoms with Gasteiger partial charge in [-0.2, -0.15) is 0 Å². The molecule has 0 radical (unpaired) electrons. The molecule has 1 unspecified atom stereocenters. The van der Waals surface area contributed by atoms with Crippen molar-refractivity contribution in [1.82, 2.24) is 4.90 Å². The monoisotopic (exact) mass is 207 g/mol. The summed E-state index contributed by atoms with van der Waals surface area (Å²) in [5.41, 5.74) is 0. The van der Waals surface area contributed by atoms with Crippen LogP contribution < -0.4 is 0 Å². The number of likely N-dealkylation sites (N-methyl/N-ethyl adjacent to an activating group) is 1. The summed E-state index contributed by atoms with van der Waals surface area (Å²) in [6.45, 7) is -0.304. The van der Waals surface area contributed by atoms with Crippen molar-refractivity contribution < 1.29 is 18.3 Å². The summed E-state index contributed by atoms with van der Waals surface area (Å²) in [4.78, 5) is 12.5. The predicted molar refractivity (Wildman–Crippen MR) is 46.9 cm³/mol. The molecular formula is C7H13NO4S. The molecule has 0 spiro atoms. The molecule has 0 aromatic carbocycles. The summed E-state index contributed by atoms with van der Waals surface area (Å²) in [7, 11) is -1.65. The number of carbonyl (C=O) groups is 1. The van der Waals surface area contributed by atoms with Gasteiger partial charge in [-0.3, -0.25) is 4.79 Å². The van der Waals surface area contributed by atoms with Gasteiger partial charge >= 0.3 is 0 Å². The van der Waals surface area contributed by atoms with Crippen molar-refractivity contribution in [2.24, 2.45) is 0 Å². The Bertz CT molecular complexity index is 298. The van der Waals surface area contributed by atoms with Crippen molar-refractivity contribution in [1.29, 1.82) is 0 Å². The Morgan fingerprint density at radius 2 is 2.23 bits per heavy atom. The number of aliphatic hydroxyl groups excluding tert-OH is 1. The molecule has 1 saturated heterocycles. The van der Waals surface area contributed by atoms with Crippen LogP contribution in [0.15, 0.2) is 0 Å². The molecule has 0 saturated carbocycles. The molecule has 1 fully saturated rings. The van der Waals surface area contributed by atoms with Crippen LogP contribution in [-0.2, 0) is 14.6 Å². The zero-order valence-electron chi connectivity index (χ0n) is 7.43. The van der Waals surface area contributed by atoms with Gasteiger partial charge in [-0.1, -0.05) is 0 Å². The van der Waals surface area contributed by atoms with Crippen molar-refractivity contribution in [3.05, 3.63) is 0 Å². The second kappa shape index (κ2) is 3.63. The predicted octanol–water partition coefficient (Wildman–Crippen LogP) is -1.38. The van der Waals surface area contributed by atoms with E-state index in [9.17, 15) is 13.2 Å². The van der Waals surface area contributed by atoms with Gasteiger partial charge in [-0.15, -0.1) is 0 Å². The van der Waals surface area contributed by atoms with E-state index in [1.807, 2.05) is 0 Å². The van der Waals surface area contributed by atoms with Gasteiger partial charge in [0.25, 0.3) is 0 Å². The van der Waals surface area contributed by atoms with Crippen LogP contribution in [0.25, 0.3) is 0 Å². The van der Waals surface area contributed by atoms with E-state index < -0.39 is 15.9 Å². The molecule has 1 aliphatic rings. The molecule has 1 amide bonds. The van der Waals surface area contributed by atoms with Crippen molar-refractivity contribution >= 4 is 15.7 Å². The molecule has 1 rings (SSSR count). The first-order valence-corrected chi connectivity index (χ1v) is 5.85. The molecule has 0 aliphatic carbocycles. The standard InChI is InChI=1S/C7H13NO4S/c1-8-6(4-9)5-13(11,12)3-2-7(8)10/h6,9H,2-5H2,1H3. The van der Waals surface area contributed by atoms with Gasteiger partial charge in [0.2, 0.25) is 5.91 Å². The summed E-state index contributed by atoms with van der Waals surface area (Å²) in [6, 6.07) is -0.583. The van der Waals surface area contributed by atoms with Crippen LogP contribution in [0.4, 0.5) is 0 Å². The third-order valence-corrected chi connectivity index (χ3v) is 3.94. The smallest absolute Gasteiger partial charge is 0.223 e. The maximum atomic E-state index is 11.2. The Morgan fingerprint density at radius 1 is 1.62 bits per heavy atom. The van der Waals surface area contributed by atoms with E-state index >= 15 is 0 Å². The molecule has 0 aromatic rings. The fourth-order valence-electron chi connectivity index (χ4n) is 1.29. The lowest BCUT2D eigenvalue weighted by Crippen LogP contribution is -2.41. The number of hydrogen-bond donors (Lipinski definition) is 1. The average molecular weight is 207 g/mol. The van der Waals surface area contributed by atoms with E-state index in [-0.39, 0.29) is 30.4 Å². The van der Waals surface area contributed by atoms with Crippen molar-refractivity contribution in [3.63, 3.8) is 0 Å². The number of carbonyl (C=O) groups excluding carboxylic acids is 1. The Hall–Kier alpha value is -0.620. The lowest BCUT2D eigenvalue weighted by atomic mass is 10.3. The number of nitrogens with zero attached hydrogens (tertiary/aromatic N) is 1. The second-order valence-electron chi connectivity index (χ2n) is 3.21. The fraction of sp³-hybridized carbons (Fsp3) is 0.857. The third kappa shape index (κ3) is 2.41. The molecular weight excluding hydrogens is 194 g/mol. The average Bonchev–Trinajstić information content (AvgIpc) is 2.17. The Morgan fingerprint density at radius 3 is 2.77 bits per heavy atom. The fourth-order valence-corrected chi connectivity index (χ4v) is 2.85. The van der Waals surface area contributed by atoms with Crippen molar-refractivity contribution in [2.75, 3.05) is 25.2 Å². The summed E-state index contributed by atoms with van der Waals surface area (Å²) in [5, 5.41) is 8.88. The summed E-state index contributed by atoms with van der Waals surface area (Å²) in [6.07, 6.45) is 0.0231. The maximum absolute atomic E-state index is 11.2. The van der Waals surface area contributed by atoms with Crippen LogP contribution in [0.5, 0.6) is 0 Å². The Kier molecular flexibility index (Phi) is 2.92. The molecule has 13 heavy (non-hydrogen) atoms. The number of amides is 1. The topological polar surface area (TPSA) is 74.7 Å². The summed E-state index contributed by atoms with van der Waals surface area (Å²) >= 11 is 0. The zero-order chi connectivity index (χ0) is 10.1. The van der Waals surface area contributed by atoms with E-state index in [2.05, 4.69) is 0 Å². The highest BCUT2D eigenvalue weighted by Crippen LogP contribution is 2.10. The quantitative estimate of drug-likeness (QED) is 0.575. The van der Waals surface area contributed by atoms with Crippen LogP contribution in [0.2, 0.25) is 0 Å². The lowest BCUT2D eigenvalue weighted by Gasteiger charge is -2.22. The van der Waals surface area contributed by atoms with Gasteiger partial charge in [0.05, 0.1) is 24.2 Å². The van der Waals surface area contributed by atoms with Gasteiger partial charge in [-0.05, 0) is 0 Å². The minimum Gasteiger partial charge on any atom is -0.394 e. The van der Waals surface area contributed by atoms with E-state index in [0.29, 0.717) is 0 Å². The van der Waals surface area contributed by atoms with Crippen LogP contribution in [-0.4, -0.2) is 55.5 Å². The molecule has 1 heterocycles. The molecule has 1 aliphatic heterocycles. The van der Waals surface area contributed by atoms with Crippen LogP contribution in [0.3, 0.4) is 0 Å². The van der Waals surface area contributed by atoms with Gasteiger partial charge in [0, 0.05) is 13.5 Å². The molecule has 6 heteroatoms. The summed E-state index contributed by atoms with van der Waals surface area (Å²) < 4.78 is 22.5. The van der Waals surface area contributed by atoms with Gasteiger partial charge < -0.3 is 10.0 Å². The molecule has 5 nitrogen and oxygen atoms in total. The largest absolute Gasteiger partial charge is 0.394 e. The first kappa shape index (κ1) is 10.5. The Labute approximate surface area is 77.3 Å². The molecule has 76 valence electrons. The van der Waals surface area contributed by atoms with E-state index in [1.54, 1.807) is 0 Å². The number of hydrogen-bond acceptors (Lipinski definition) is 4. The minimum atomic E-state index is -3.17. The number of aliphatic hydroxyl groups is 1. The maximum Gasteiger partial charge on any atom is 0.223 e. The lowest BCUT2D eigenvalue weighted by molar-refractivity contribution is -0.131. The van der Waals surface area contributed by atoms with Crippen molar-refractivity contribution in [3.8, 4) is 0 Å². The van der Waals surface area contributed by atoms with Crippen LogP contribution >= 0.6 is 0 Å². The normalized spacial score (nSPS) is 28.6. The first-order chi connectivity index (χ1) is 5.96. The van der Waals surface area contributed by atoms with Crippen LogP contribution in [0.1, 0.15) is 6.42 Å². The van der Waals surface area contributed by atoms with Gasteiger partial charge in [-0.25, -0.2) is 8.42 Å². The van der Waals surface area contributed by atoms with E-state index in [0.717, 1.165) is 0 Å². The third-order valence-electron chi connectivity index (χ3n) is 2.23. The number of sulfone groups is 1. The molecule has 0 aromatic heterocycles. The van der Waals surface area contributed by atoms with Crippen LogP contribution in [0, 0.1) is 0 Å². The summed E-state index contributed by atoms with van der Waals surface area (Å²) in [5.74, 6) is -0.460. The van der Waals surface area contributed by atoms with Gasteiger partial charge in [0.15, 0.2) is 9.84 Å². The van der Waals surface area contributed by atoms with Gasteiger partial charge in [0.1, 0.15) is 0 Å². The second-order valence-corrected chi connectivity index (χ2v) is 5.43. The highest BCUT2D eigenvalue weighted by atomic mass is 32.2. The molecule has 0 bridgehead atoms. The highest BCUT2D eigenvalue weighted by Gasteiger charge is 2.29. The minimum absolute atomic E-state index is 0.0231.